The summed E-state index contributed by atoms with van der Waals surface area (Å²) >= 11 is 2.71. The molecule has 4 nitrogen and oxygen atoms in total. The lowest BCUT2D eigenvalue weighted by Gasteiger charge is -2.10. The van der Waals surface area contributed by atoms with Crippen LogP contribution in [0.2, 0.25) is 0 Å². The molecular formula is C19H15BN2O2S2. The fourth-order valence-electron chi connectivity index (χ4n) is 3.14. The van der Waals surface area contributed by atoms with Gasteiger partial charge in [-0.3, -0.25) is 14.9 Å². The van der Waals surface area contributed by atoms with Crippen LogP contribution >= 0.6 is 23.5 Å². The molecule has 2 amide bonds. The largest absolute Gasteiger partial charge is 0.338 e. The molecule has 1 aliphatic rings. The molecule has 1 saturated heterocycles. The van der Waals surface area contributed by atoms with E-state index in [1.54, 1.807) is 11.8 Å². The fourth-order valence-corrected chi connectivity index (χ4v) is 5.02. The Morgan fingerprint density at radius 2 is 1.88 bits per heavy atom. The maximum atomic E-state index is 12.1. The number of imide groups is 1. The number of fused-ring (bicyclic) bond motifs is 1. The van der Waals surface area contributed by atoms with Crippen LogP contribution in [-0.2, 0) is 18.3 Å². The fraction of sp³-hybridized carbons (Fsp3) is 0.158. The number of carbonyl (C=O) groups is 2. The normalized spacial score (nSPS) is 17.0. The van der Waals surface area contributed by atoms with Crippen LogP contribution in [0.5, 0.6) is 0 Å². The standard InChI is InChI=1S/C19H15BN2O2S2/c1-22-15-5-3-2-4-13(15)14(10-16-17(23)21-19(24)26-16)18(22)25-12-8-6-11(20)7-9-12/h2-9,16H,10H2,1H3,(H,21,23,24). The van der Waals surface area contributed by atoms with Crippen LogP contribution in [0.3, 0.4) is 0 Å². The van der Waals surface area contributed by atoms with E-state index < -0.39 is 0 Å². The van der Waals surface area contributed by atoms with Crippen LogP contribution < -0.4 is 10.8 Å². The van der Waals surface area contributed by atoms with Crippen molar-refractivity contribution in [1.82, 2.24) is 9.88 Å². The molecule has 2 radical (unpaired) electrons. The molecule has 1 atom stereocenters. The maximum Gasteiger partial charge on any atom is 0.286 e. The minimum absolute atomic E-state index is 0.212. The number of para-hydroxylation sites is 1. The second-order valence-corrected chi connectivity index (χ2v) is 8.36. The topological polar surface area (TPSA) is 51.1 Å². The van der Waals surface area contributed by atoms with Crippen LogP contribution in [0.15, 0.2) is 58.5 Å². The van der Waals surface area contributed by atoms with E-state index in [2.05, 4.69) is 22.0 Å². The van der Waals surface area contributed by atoms with E-state index >= 15 is 0 Å². The van der Waals surface area contributed by atoms with Crippen molar-refractivity contribution in [3.8, 4) is 0 Å². The first-order valence-electron chi connectivity index (χ1n) is 8.14. The van der Waals surface area contributed by atoms with Crippen molar-refractivity contribution in [2.75, 3.05) is 0 Å². The van der Waals surface area contributed by atoms with Gasteiger partial charge >= 0.3 is 0 Å². The summed E-state index contributed by atoms with van der Waals surface area (Å²) in [6.45, 7) is 0. The summed E-state index contributed by atoms with van der Waals surface area (Å²) in [7, 11) is 7.81. The number of benzene rings is 2. The van der Waals surface area contributed by atoms with Crippen molar-refractivity contribution in [1.29, 1.82) is 0 Å². The van der Waals surface area contributed by atoms with Crippen molar-refractivity contribution in [2.45, 2.75) is 21.6 Å². The minimum atomic E-state index is -0.390. The Hall–Kier alpha value is -2.12. The third-order valence-corrected chi connectivity index (χ3v) is 6.61. The van der Waals surface area contributed by atoms with Gasteiger partial charge in [-0.2, -0.15) is 0 Å². The molecule has 1 fully saturated rings. The molecule has 26 heavy (non-hydrogen) atoms. The van der Waals surface area contributed by atoms with E-state index in [0.717, 1.165) is 43.6 Å². The van der Waals surface area contributed by atoms with Crippen molar-refractivity contribution < 1.29 is 9.59 Å². The zero-order valence-electron chi connectivity index (χ0n) is 14.1. The maximum absolute atomic E-state index is 12.1. The van der Waals surface area contributed by atoms with Crippen LogP contribution in [0.4, 0.5) is 4.79 Å². The quantitative estimate of drug-likeness (QED) is 0.710. The number of hydrogen-bond donors (Lipinski definition) is 1. The third kappa shape index (κ3) is 3.17. The van der Waals surface area contributed by atoms with Gasteiger partial charge < -0.3 is 4.57 Å². The van der Waals surface area contributed by atoms with Gasteiger partial charge in [-0.15, -0.1) is 0 Å². The molecule has 2 aromatic carbocycles. The van der Waals surface area contributed by atoms with E-state index in [1.807, 2.05) is 43.4 Å². The third-order valence-electron chi connectivity index (χ3n) is 4.40. The Morgan fingerprint density at radius 3 is 2.58 bits per heavy atom. The number of hydrogen-bond acceptors (Lipinski definition) is 4. The Balaban J connectivity index is 1.77. The number of carbonyl (C=O) groups excluding carboxylic acids is 2. The highest BCUT2D eigenvalue weighted by molar-refractivity contribution is 8.15. The van der Waals surface area contributed by atoms with Crippen molar-refractivity contribution in [3.05, 3.63) is 54.1 Å². The molecule has 128 valence electrons. The molecule has 2 heterocycles. The molecule has 1 unspecified atom stereocenters. The second-order valence-electron chi connectivity index (χ2n) is 6.12. The number of aryl methyl sites for hydroxylation is 1. The van der Waals surface area contributed by atoms with Gasteiger partial charge in [0.25, 0.3) is 5.24 Å². The van der Waals surface area contributed by atoms with Crippen molar-refractivity contribution in [2.24, 2.45) is 7.05 Å². The van der Waals surface area contributed by atoms with E-state index in [9.17, 15) is 9.59 Å². The van der Waals surface area contributed by atoms with Gasteiger partial charge in [0.1, 0.15) is 7.85 Å². The highest BCUT2D eigenvalue weighted by Gasteiger charge is 2.33. The lowest BCUT2D eigenvalue weighted by molar-refractivity contribution is -0.118. The second kappa shape index (κ2) is 6.89. The summed E-state index contributed by atoms with van der Waals surface area (Å²) < 4.78 is 2.14. The van der Waals surface area contributed by atoms with E-state index in [4.69, 9.17) is 7.85 Å². The predicted molar refractivity (Wildman–Crippen MR) is 107 cm³/mol. The lowest BCUT2D eigenvalue weighted by Crippen LogP contribution is -2.25. The van der Waals surface area contributed by atoms with Crippen molar-refractivity contribution >= 4 is 58.9 Å². The molecule has 0 saturated carbocycles. The molecule has 1 aromatic heterocycles. The summed E-state index contributed by atoms with van der Waals surface area (Å²) in [4.78, 5) is 24.7. The van der Waals surface area contributed by atoms with Crippen molar-refractivity contribution in [3.63, 3.8) is 0 Å². The van der Waals surface area contributed by atoms with Gasteiger partial charge in [-0.1, -0.05) is 59.3 Å². The van der Waals surface area contributed by atoms with Crippen LogP contribution in [0.25, 0.3) is 10.9 Å². The zero-order valence-corrected chi connectivity index (χ0v) is 15.7. The first-order valence-corrected chi connectivity index (χ1v) is 9.83. The van der Waals surface area contributed by atoms with Gasteiger partial charge in [0.15, 0.2) is 0 Å². The summed E-state index contributed by atoms with van der Waals surface area (Å²) in [5.74, 6) is -0.212. The Bertz CT molecular complexity index is 1010. The van der Waals surface area contributed by atoms with E-state index in [1.165, 1.54) is 0 Å². The molecule has 7 heteroatoms. The van der Waals surface area contributed by atoms with Gasteiger partial charge in [0.05, 0.1) is 10.3 Å². The zero-order chi connectivity index (χ0) is 18.3. The van der Waals surface area contributed by atoms with Crippen LogP contribution in [-0.4, -0.2) is 28.8 Å². The lowest BCUT2D eigenvalue weighted by atomic mass is 9.97. The molecule has 1 aliphatic heterocycles. The SMILES string of the molecule is [B]c1ccc(Sc2c(CC3SC(=O)NC3=O)c3ccccc3n2C)cc1. The summed E-state index contributed by atoms with van der Waals surface area (Å²) in [5.41, 5.74) is 2.92. The number of aromatic nitrogens is 1. The number of nitrogens with zero attached hydrogens (tertiary/aromatic N) is 1. The summed E-state index contributed by atoms with van der Waals surface area (Å²) in [5, 5.41) is 3.90. The molecule has 3 aromatic rings. The van der Waals surface area contributed by atoms with Gasteiger partial charge in [0, 0.05) is 22.8 Å². The first-order chi connectivity index (χ1) is 12.5. The Kier molecular flexibility index (Phi) is 4.59. The number of amides is 2. The van der Waals surface area contributed by atoms with Crippen LogP contribution in [0.1, 0.15) is 5.56 Å². The number of thioether (sulfide) groups is 1. The molecule has 0 spiro atoms. The minimum Gasteiger partial charge on any atom is -0.338 e. The predicted octanol–water partition coefficient (Wildman–Crippen LogP) is 3.02. The van der Waals surface area contributed by atoms with E-state index in [-0.39, 0.29) is 16.4 Å². The highest BCUT2D eigenvalue weighted by atomic mass is 32.2. The first kappa shape index (κ1) is 17.3. The molecule has 0 bridgehead atoms. The highest BCUT2D eigenvalue weighted by Crippen LogP contribution is 2.38. The van der Waals surface area contributed by atoms with E-state index in [0.29, 0.717) is 6.42 Å². The number of rotatable bonds is 4. The van der Waals surface area contributed by atoms with Gasteiger partial charge in [-0.25, -0.2) is 0 Å². The summed E-state index contributed by atoms with van der Waals surface area (Å²) in [6, 6.07) is 15.9. The average Bonchev–Trinajstić information content (AvgIpc) is 3.08. The van der Waals surface area contributed by atoms with Gasteiger partial charge in [-0.05, 0) is 30.2 Å². The monoisotopic (exact) mass is 378 g/mol. The van der Waals surface area contributed by atoms with Crippen LogP contribution in [0, 0.1) is 0 Å². The average molecular weight is 378 g/mol. The summed E-state index contributed by atoms with van der Waals surface area (Å²) in [6.07, 6.45) is 0.515. The number of nitrogens with one attached hydrogen (secondary N) is 1. The Labute approximate surface area is 161 Å². The smallest absolute Gasteiger partial charge is 0.286 e. The van der Waals surface area contributed by atoms with Gasteiger partial charge in [0.2, 0.25) is 5.91 Å². The molecular weight excluding hydrogens is 363 g/mol. The Morgan fingerprint density at radius 1 is 1.15 bits per heavy atom. The molecule has 1 N–H and O–H groups in total. The molecule has 0 aliphatic carbocycles. The molecule has 4 rings (SSSR count).